The van der Waals surface area contributed by atoms with Crippen molar-refractivity contribution in [1.82, 2.24) is 4.90 Å². The molecular formula is C15H21ClN2O2. The van der Waals surface area contributed by atoms with Gasteiger partial charge in [0.25, 0.3) is 0 Å². The predicted octanol–water partition coefficient (Wildman–Crippen LogP) is 3.68. The van der Waals surface area contributed by atoms with E-state index in [1.54, 1.807) is 4.90 Å². The first-order valence-electron chi connectivity index (χ1n) is 6.75. The summed E-state index contributed by atoms with van der Waals surface area (Å²) in [5, 5.41) is 4.05. The van der Waals surface area contributed by atoms with Gasteiger partial charge < -0.3 is 15.0 Å². The van der Waals surface area contributed by atoms with Crippen LogP contribution < -0.4 is 5.32 Å². The van der Waals surface area contributed by atoms with Gasteiger partial charge in [0.05, 0.1) is 16.8 Å². The van der Waals surface area contributed by atoms with Crippen LogP contribution in [-0.4, -0.2) is 35.7 Å². The van der Waals surface area contributed by atoms with Crippen LogP contribution >= 0.6 is 11.6 Å². The van der Waals surface area contributed by atoms with Crippen molar-refractivity contribution in [1.29, 1.82) is 0 Å². The standard InChI is InChI=1S/C15H21ClN2O2/c1-10-5-6-13(12(16)7-10)17-11-8-18(9-11)14(19)20-15(2,3)4/h5-7,11,17H,8-9H2,1-4H3. The molecule has 1 aliphatic heterocycles. The number of halogens is 1. The molecule has 20 heavy (non-hydrogen) atoms. The minimum absolute atomic E-state index is 0.225. The Bertz CT molecular complexity index is 505. The summed E-state index contributed by atoms with van der Waals surface area (Å²) in [5.41, 5.74) is 1.59. The second-order valence-electron chi connectivity index (χ2n) is 6.21. The van der Waals surface area contributed by atoms with Crippen LogP contribution in [-0.2, 0) is 4.74 Å². The maximum absolute atomic E-state index is 11.8. The molecule has 0 atom stereocenters. The maximum atomic E-state index is 11.8. The van der Waals surface area contributed by atoms with Crippen molar-refractivity contribution in [2.24, 2.45) is 0 Å². The molecule has 0 spiro atoms. The fourth-order valence-electron chi connectivity index (χ4n) is 2.00. The van der Waals surface area contributed by atoms with E-state index < -0.39 is 5.60 Å². The topological polar surface area (TPSA) is 41.6 Å². The zero-order valence-electron chi connectivity index (χ0n) is 12.4. The van der Waals surface area contributed by atoms with Gasteiger partial charge in [0.1, 0.15) is 5.60 Å². The van der Waals surface area contributed by atoms with E-state index in [-0.39, 0.29) is 12.1 Å². The number of ether oxygens (including phenoxy) is 1. The van der Waals surface area contributed by atoms with Gasteiger partial charge in [0, 0.05) is 13.1 Å². The summed E-state index contributed by atoms with van der Waals surface area (Å²) in [4.78, 5) is 13.5. The number of carbonyl (C=O) groups is 1. The summed E-state index contributed by atoms with van der Waals surface area (Å²) in [6.07, 6.45) is -0.259. The van der Waals surface area contributed by atoms with Gasteiger partial charge in [-0.05, 0) is 45.4 Å². The van der Waals surface area contributed by atoms with E-state index >= 15 is 0 Å². The van der Waals surface area contributed by atoms with E-state index in [2.05, 4.69) is 5.32 Å². The molecule has 2 rings (SSSR count). The summed E-state index contributed by atoms with van der Waals surface area (Å²) >= 11 is 6.17. The normalized spacial score (nSPS) is 15.8. The molecule has 1 aromatic rings. The molecule has 1 aromatic carbocycles. The van der Waals surface area contributed by atoms with Gasteiger partial charge in [-0.15, -0.1) is 0 Å². The van der Waals surface area contributed by atoms with Crippen LogP contribution in [0, 0.1) is 6.92 Å². The fourth-order valence-corrected chi connectivity index (χ4v) is 2.29. The minimum atomic E-state index is -0.449. The SMILES string of the molecule is Cc1ccc(NC2CN(C(=O)OC(C)(C)C)C2)c(Cl)c1. The molecule has 1 saturated heterocycles. The predicted molar refractivity (Wildman–Crippen MR) is 81.4 cm³/mol. The number of benzene rings is 1. The first-order chi connectivity index (χ1) is 9.24. The highest BCUT2D eigenvalue weighted by atomic mass is 35.5. The Labute approximate surface area is 125 Å². The van der Waals surface area contributed by atoms with Gasteiger partial charge in [0.2, 0.25) is 0 Å². The Morgan fingerprint density at radius 1 is 1.40 bits per heavy atom. The van der Waals surface area contributed by atoms with Crippen molar-refractivity contribution in [2.45, 2.75) is 39.3 Å². The lowest BCUT2D eigenvalue weighted by Gasteiger charge is -2.40. The molecule has 1 heterocycles. The zero-order chi connectivity index (χ0) is 14.9. The summed E-state index contributed by atoms with van der Waals surface area (Å²) in [6, 6.07) is 6.13. The molecule has 0 aliphatic carbocycles. The molecule has 5 heteroatoms. The number of carbonyl (C=O) groups excluding carboxylic acids is 1. The van der Waals surface area contributed by atoms with Crippen molar-refractivity contribution in [3.05, 3.63) is 28.8 Å². The maximum Gasteiger partial charge on any atom is 0.410 e. The van der Waals surface area contributed by atoms with Crippen LogP contribution in [0.15, 0.2) is 18.2 Å². The molecular weight excluding hydrogens is 276 g/mol. The molecule has 110 valence electrons. The fraction of sp³-hybridized carbons (Fsp3) is 0.533. The Morgan fingerprint density at radius 2 is 2.05 bits per heavy atom. The van der Waals surface area contributed by atoms with Crippen molar-refractivity contribution in [2.75, 3.05) is 18.4 Å². The van der Waals surface area contributed by atoms with Crippen LogP contribution in [0.3, 0.4) is 0 Å². The van der Waals surface area contributed by atoms with E-state index in [0.29, 0.717) is 18.1 Å². The highest BCUT2D eigenvalue weighted by molar-refractivity contribution is 6.33. The molecule has 1 aliphatic rings. The third-order valence-corrected chi connectivity index (χ3v) is 3.33. The Balaban J connectivity index is 1.83. The van der Waals surface area contributed by atoms with E-state index in [0.717, 1.165) is 11.3 Å². The Hall–Kier alpha value is -1.42. The minimum Gasteiger partial charge on any atom is -0.444 e. The van der Waals surface area contributed by atoms with Crippen LogP contribution in [0.2, 0.25) is 5.02 Å². The van der Waals surface area contributed by atoms with Gasteiger partial charge in [-0.2, -0.15) is 0 Å². The number of nitrogens with one attached hydrogen (secondary N) is 1. The third-order valence-electron chi connectivity index (χ3n) is 3.02. The summed E-state index contributed by atoms with van der Waals surface area (Å²) in [6.45, 7) is 8.88. The second kappa shape index (κ2) is 5.52. The van der Waals surface area contributed by atoms with Crippen LogP contribution in [0.1, 0.15) is 26.3 Å². The Kier molecular flexibility index (Phi) is 4.14. The number of rotatable bonds is 2. The summed E-state index contributed by atoms with van der Waals surface area (Å²) < 4.78 is 5.31. The molecule has 1 N–H and O–H groups in total. The first kappa shape index (κ1) is 15.0. The largest absolute Gasteiger partial charge is 0.444 e. The first-order valence-corrected chi connectivity index (χ1v) is 7.13. The van der Waals surface area contributed by atoms with Crippen molar-refractivity contribution < 1.29 is 9.53 Å². The highest BCUT2D eigenvalue weighted by Crippen LogP contribution is 2.25. The molecule has 0 unspecified atom stereocenters. The average Bonchev–Trinajstić information content (AvgIpc) is 2.22. The molecule has 0 saturated carbocycles. The van der Waals surface area contributed by atoms with E-state index in [4.69, 9.17) is 16.3 Å². The van der Waals surface area contributed by atoms with Crippen LogP contribution in [0.4, 0.5) is 10.5 Å². The van der Waals surface area contributed by atoms with Gasteiger partial charge in [-0.3, -0.25) is 0 Å². The van der Waals surface area contributed by atoms with Gasteiger partial charge >= 0.3 is 6.09 Å². The van der Waals surface area contributed by atoms with Crippen molar-refractivity contribution in [3.63, 3.8) is 0 Å². The smallest absolute Gasteiger partial charge is 0.410 e. The lowest BCUT2D eigenvalue weighted by Crippen LogP contribution is -2.57. The molecule has 1 fully saturated rings. The number of nitrogens with zero attached hydrogens (tertiary/aromatic N) is 1. The number of likely N-dealkylation sites (tertiary alicyclic amines) is 1. The monoisotopic (exact) mass is 296 g/mol. The summed E-state index contributed by atoms with van der Waals surface area (Å²) in [7, 11) is 0. The Morgan fingerprint density at radius 3 is 2.60 bits per heavy atom. The van der Waals surface area contributed by atoms with Gasteiger partial charge in [-0.25, -0.2) is 4.79 Å². The second-order valence-corrected chi connectivity index (χ2v) is 6.62. The molecule has 4 nitrogen and oxygen atoms in total. The highest BCUT2D eigenvalue weighted by Gasteiger charge is 2.33. The van der Waals surface area contributed by atoms with E-state index in [9.17, 15) is 4.79 Å². The van der Waals surface area contributed by atoms with Crippen LogP contribution in [0.25, 0.3) is 0 Å². The molecule has 0 radical (unpaired) electrons. The van der Waals surface area contributed by atoms with E-state index in [1.807, 2.05) is 45.9 Å². The van der Waals surface area contributed by atoms with Gasteiger partial charge in [-0.1, -0.05) is 17.7 Å². The number of amides is 1. The molecule has 0 aromatic heterocycles. The zero-order valence-corrected chi connectivity index (χ0v) is 13.1. The summed E-state index contributed by atoms with van der Waals surface area (Å²) in [5.74, 6) is 0. The average molecular weight is 297 g/mol. The lowest BCUT2D eigenvalue weighted by atomic mass is 10.1. The number of aryl methyl sites for hydroxylation is 1. The lowest BCUT2D eigenvalue weighted by molar-refractivity contribution is 0.0105. The van der Waals surface area contributed by atoms with Crippen molar-refractivity contribution >= 4 is 23.4 Å². The van der Waals surface area contributed by atoms with Crippen molar-refractivity contribution in [3.8, 4) is 0 Å². The number of anilines is 1. The van der Waals surface area contributed by atoms with Crippen LogP contribution in [0.5, 0.6) is 0 Å². The third kappa shape index (κ3) is 3.79. The molecule has 0 bridgehead atoms. The number of hydrogen-bond acceptors (Lipinski definition) is 3. The van der Waals surface area contributed by atoms with E-state index in [1.165, 1.54) is 0 Å². The number of hydrogen-bond donors (Lipinski definition) is 1. The quantitative estimate of drug-likeness (QED) is 0.905. The molecule has 1 amide bonds. The van der Waals surface area contributed by atoms with Gasteiger partial charge in [0.15, 0.2) is 0 Å².